The highest BCUT2D eigenvalue weighted by Crippen LogP contribution is 2.13. The van der Waals surface area contributed by atoms with E-state index in [2.05, 4.69) is 15.0 Å². The molecule has 0 fully saturated rings. The molecule has 1 unspecified atom stereocenters. The lowest BCUT2D eigenvalue weighted by Crippen LogP contribution is -2.03. The molecule has 2 heterocycles. The van der Waals surface area contributed by atoms with Gasteiger partial charge in [0.25, 0.3) is 5.56 Å². The van der Waals surface area contributed by atoms with E-state index in [4.69, 9.17) is 0 Å². The first-order valence-corrected chi connectivity index (χ1v) is 3.82. The highest BCUT2D eigenvalue weighted by Gasteiger charge is 1.97. The molecule has 0 aliphatic heterocycles. The van der Waals surface area contributed by atoms with Crippen LogP contribution in [0.2, 0.25) is 0 Å². The van der Waals surface area contributed by atoms with Gasteiger partial charge < -0.3 is 4.98 Å². The Balaban J connectivity index is 3.09. The monoisotopic (exact) mass is 153 g/mol. The molecule has 1 N–H and O–H groups in total. The molecule has 4 nitrogen and oxygen atoms in total. The summed E-state index contributed by atoms with van der Waals surface area (Å²) in [7, 11) is 0.381. The standard InChI is InChI=1S/C5H4N3OP/c9-5-3-4(6-1-7-5)8-2-10-3/h1-2,10H,(H,6,7,9). The Labute approximate surface area is 57.4 Å². The van der Waals surface area contributed by atoms with Gasteiger partial charge in [-0.05, 0) is 0 Å². The third-order valence-electron chi connectivity index (χ3n) is 1.23. The van der Waals surface area contributed by atoms with Gasteiger partial charge in [0.05, 0.1) is 6.33 Å². The molecule has 0 aliphatic carbocycles. The second kappa shape index (κ2) is 1.92. The number of fused-ring (bicyclic) bond motifs is 1. The summed E-state index contributed by atoms with van der Waals surface area (Å²) in [5.41, 5.74) is 0.503. The SMILES string of the molecule is O=c1[nH]cnc2nc[pH]c12. The Morgan fingerprint density at radius 1 is 1.50 bits per heavy atom. The lowest BCUT2D eigenvalue weighted by molar-refractivity contribution is 1.16. The second-order valence-electron chi connectivity index (χ2n) is 1.83. The van der Waals surface area contributed by atoms with Crippen molar-refractivity contribution >= 4 is 19.0 Å². The molecule has 0 amide bonds. The summed E-state index contributed by atoms with van der Waals surface area (Å²) >= 11 is 0. The summed E-state index contributed by atoms with van der Waals surface area (Å²) < 4.78 is 0. The molecular formula is C5H4N3OP. The van der Waals surface area contributed by atoms with E-state index in [9.17, 15) is 4.79 Å². The number of nitrogens with one attached hydrogen (secondary N) is 1. The van der Waals surface area contributed by atoms with Crippen molar-refractivity contribution in [1.29, 1.82) is 0 Å². The molecule has 2 aromatic heterocycles. The molecule has 1 atom stereocenters. The van der Waals surface area contributed by atoms with Gasteiger partial charge in [-0.1, -0.05) is 0 Å². The average molecular weight is 153 g/mol. The van der Waals surface area contributed by atoms with Gasteiger partial charge >= 0.3 is 0 Å². The van der Waals surface area contributed by atoms with Crippen molar-refractivity contribution in [2.75, 3.05) is 0 Å². The number of hydrogen-bond acceptors (Lipinski definition) is 3. The molecule has 2 aromatic rings. The van der Waals surface area contributed by atoms with Gasteiger partial charge in [0.15, 0.2) is 5.65 Å². The van der Waals surface area contributed by atoms with Crippen LogP contribution in [-0.4, -0.2) is 15.0 Å². The number of aromatic amines is 1. The third kappa shape index (κ3) is 0.660. The summed E-state index contributed by atoms with van der Waals surface area (Å²) in [4.78, 5) is 21.2. The minimum atomic E-state index is -0.0687. The number of aromatic nitrogens is 3. The lowest BCUT2D eigenvalue weighted by atomic mass is 10.6. The molecular weight excluding hydrogens is 149 g/mol. The van der Waals surface area contributed by atoms with Crippen LogP contribution in [0, 0.1) is 0 Å². The molecule has 5 heteroatoms. The summed E-state index contributed by atoms with van der Waals surface area (Å²) in [5.74, 6) is 1.72. The first kappa shape index (κ1) is 5.62. The van der Waals surface area contributed by atoms with Crippen molar-refractivity contribution in [2.45, 2.75) is 0 Å². The van der Waals surface area contributed by atoms with Gasteiger partial charge in [-0.25, -0.2) is 9.97 Å². The van der Waals surface area contributed by atoms with Gasteiger partial charge in [0.2, 0.25) is 0 Å². The zero-order valence-electron chi connectivity index (χ0n) is 4.96. The van der Waals surface area contributed by atoms with Crippen LogP contribution in [0.15, 0.2) is 17.1 Å². The van der Waals surface area contributed by atoms with Crippen LogP contribution in [0.3, 0.4) is 0 Å². The van der Waals surface area contributed by atoms with Crippen LogP contribution < -0.4 is 5.56 Å². The first-order chi connectivity index (χ1) is 4.88. The second-order valence-corrected chi connectivity index (χ2v) is 2.88. The smallest absolute Gasteiger partial charge is 0.263 e. The van der Waals surface area contributed by atoms with Crippen molar-refractivity contribution in [2.24, 2.45) is 0 Å². The summed E-state index contributed by atoms with van der Waals surface area (Å²) in [6, 6.07) is 0. The maximum Gasteiger partial charge on any atom is 0.263 e. The fraction of sp³-hybridized carbons (Fsp3) is 0. The van der Waals surface area contributed by atoms with Crippen molar-refractivity contribution < 1.29 is 0 Å². The Morgan fingerprint density at radius 3 is 3.20 bits per heavy atom. The fourth-order valence-electron chi connectivity index (χ4n) is 0.776. The van der Waals surface area contributed by atoms with Gasteiger partial charge in [-0.15, -0.1) is 8.19 Å². The van der Waals surface area contributed by atoms with Crippen LogP contribution in [-0.2, 0) is 0 Å². The zero-order chi connectivity index (χ0) is 6.97. The quantitative estimate of drug-likeness (QED) is 0.594. The fourth-order valence-corrected chi connectivity index (χ4v) is 1.55. The third-order valence-corrected chi connectivity index (χ3v) is 2.23. The van der Waals surface area contributed by atoms with Crippen LogP contribution in [0.5, 0.6) is 0 Å². The molecule has 0 saturated carbocycles. The average Bonchev–Trinajstić information content (AvgIpc) is 2.36. The van der Waals surface area contributed by atoms with E-state index >= 15 is 0 Å². The Morgan fingerprint density at radius 2 is 2.40 bits per heavy atom. The first-order valence-electron chi connectivity index (χ1n) is 2.75. The summed E-state index contributed by atoms with van der Waals surface area (Å²) in [5, 5.41) is 0.697. The lowest BCUT2D eigenvalue weighted by Gasteiger charge is -1.81. The van der Waals surface area contributed by atoms with Crippen LogP contribution >= 0.6 is 8.19 Å². The van der Waals surface area contributed by atoms with Crippen molar-refractivity contribution in [3.05, 3.63) is 22.6 Å². The van der Waals surface area contributed by atoms with Gasteiger partial charge in [0.1, 0.15) is 5.12 Å². The van der Waals surface area contributed by atoms with E-state index in [1.54, 1.807) is 5.93 Å². The maximum atomic E-state index is 10.9. The van der Waals surface area contributed by atoms with E-state index in [0.717, 1.165) is 0 Å². The van der Waals surface area contributed by atoms with Crippen LogP contribution in [0.4, 0.5) is 0 Å². The predicted octanol–water partition coefficient (Wildman–Crippen LogP) is 0.349. The van der Waals surface area contributed by atoms with Crippen LogP contribution in [0.1, 0.15) is 0 Å². The van der Waals surface area contributed by atoms with E-state index in [1.807, 2.05) is 0 Å². The molecule has 0 aliphatic rings. The Bertz CT molecular complexity index is 404. The highest BCUT2D eigenvalue weighted by atomic mass is 31.0. The summed E-state index contributed by atoms with van der Waals surface area (Å²) in [6.07, 6.45) is 1.37. The number of rotatable bonds is 0. The minimum Gasteiger partial charge on any atom is -0.312 e. The molecule has 10 heavy (non-hydrogen) atoms. The molecule has 0 radical (unpaired) electrons. The molecule has 0 aromatic carbocycles. The van der Waals surface area contributed by atoms with E-state index in [1.165, 1.54) is 6.33 Å². The van der Waals surface area contributed by atoms with Crippen molar-refractivity contribution in [1.82, 2.24) is 15.0 Å². The number of hydrogen-bond donors (Lipinski definition) is 1. The molecule has 0 saturated heterocycles. The summed E-state index contributed by atoms with van der Waals surface area (Å²) in [6.45, 7) is 0. The maximum absolute atomic E-state index is 10.9. The topological polar surface area (TPSA) is 58.6 Å². The predicted molar refractivity (Wildman–Crippen MR) is 39.7 cm³/mol. The molecule has 0 bridgehead atoms. The van der Waals surface area contributed by atoms with E-state index < -0.39 is 0 Å². The van der Waals surface area contributed by atoms with Crippen molar-refractivity contribution in [3.8, 4) is 0 Å². The zero-order valence-corrected chi connectivity index (χ0v) is 5.96. The van der Waals surface area contributed by atoms with Gasteiger partial charge in [-0.3, -0.25) is 4.79 Å². The van der Waals surface area contributed by atoms with E-state index in [0.29, 0.717) is 19.0 Å². The Hall–Kier alpha value is -1.15. The van der Waals surface area contributed by atoms with Gasteiger partial charge in [-0.2, -0.15) is 0 Å². The number of H-pyrrole nitrogens is 1. The molecule has 50 valence electrons. The Kier molecular flexibility index (Phi) is 1.08. The highest BCUT2D eigenvalue weighted by molar-refractivity contribution is 7.35. The van der Waals surface area contributed by atoms with Crippen LogP contribution in [0.25, 0.3) is 10.8 Å². The molecule has 0 spiro atoms. The van der Waals surface area contributed by atoms with E-state index in [-0.39, 0.29) is 5.56 Å². The van der Waals surface area contributed by atoms with Gasteiger partial charge in [0, 0.05) is 5.93 Å². The largest absolute Gasteiger partial charge is 0.312 e. The van der Waals surface area contributed by atoms with Crippen molar-refractivity contribution in [3.63, 3.8) is 0 Å². The number of nitrogens with zero attached hydrogens (tertiary/aromatic N) is 2. The minimum absolute atomic E-state index is 0.0687. The molecule has 2 rings (SSSR count). The normalized spacial score (nSPS) is 11.2.